The first-order valence-electron chi connectivity index (χ1n) is 15.0. The Morgan fingerprint density at radius 1 is 0.889 bits per heavy atom. The standard InChI is InChI=1S/C25H22ClF2N5O4.4C2H6/c1-13-10-31-20(32-6-5-29-22(24(32)35)25(3,4)36)9-18(13)33-14(2)7-19(21(26)23(33)34)37-12-17-16(28)8-15(27)11-30-17;4*1-2/h5-11,36H,12H2,1-4H3;4*1-2H3. The molecule has 4 rings (SSSR count). The minimum atomic E-state index is -1.48. The van der Waals surface area contributed by atoms with E-state index in [1.807, 2.05) is 55.4 Å². The van der Waals surface area contributed by atoms with E-state index in [1.54, 1.807) is 13.8 Å². The maximum Gasteiger partial charge on any atom is 0.280 e. The fraction of sp³-hybridized carbons (Fsp3) is 0.424. The zero-order chi connectivity index (χ0) is 35.1. The zero-order valence-corrected chi connectivity index (χ0v) is 29.0. The van der Waals surface area contributed by atoms with Crippen LogP contribution in [0.1, 0.15) is 91.9 Å². The third-order valence-electron chi connectivity index (χ3n) is 5.52. The van der Waals surface area contributed by atoms with Crippen LogP contribution in [0.2, 0.25) is 5.02 Å². The summed E-state index contributed by atoms with van der Waals surface area (Å²) in [6, 6.07) is 3.71. The molecular weight excluding hydrogens is 604 g/mol. The second-order valence-corrected chi connectivity index (χ2v) is 9.19. The maximum absolute atomic E-state index is 13.9. The number of halogens is 3. The van der Waals surface area contributed by atoms with Gasteiger partial charge < -0.3 is 9.84 Å². The topological polar surface area (TPSA) is 112 Å². The molecule has 0 radical (unpaired) electrons. The normalized spacial score (nSPS) is 10.0. The number of pyridine rings is 3. The van der Waals surface area contributed by atoms with Crippen molar-refractivity contribution in [3.05, 3.63) is 103 Å². The minimum absolute atomic E-state index is 0.00181. The first kappa shape index (κ1) is 41.0. The Hall–Kier alpha value is -3.96. The van der Waals surface area contributed by atoms with Crippen molar-refractivity contribution in [3.8, 4) is 17.3 Å². The molecule has 0 amide bonds. The highest BCUT2D eigenvalue weighted by molar-refractivity contribution is 6.31. The third-order valence-corrected chi connectivity index (χ3v) is 5.86. The number of nitrogens with zero attached hydrogens (tertiary/aromatic N) is 5. The van der Waals surface area contributed by atoms with Crippen LogP contribution in [0.4, 0.5) is 8.78 Å². The van der Waals surface area contributed by atoms with E-state index in [0.29, 0.717) is 23.0 Å². The molecule has 0 unspecified atom stereocenters. The summed E-state index contributed by atoms with van der Waals surface area (Å²) in [4.78, 5) is 38.2. The van der Waals surface area contributed by atoms with Crippen molar-refractivity contribution >= 4 is 11.6 Å². The van der Waals surface area contributed by atoms with Crippen LogP contribution in [0.5, 0.6) is 5.75 Å². The highest BCUT2D eigenvalue weighted by atomic mass is 35.5. The number of rotatable bonds is 6. The molecule has 0 saturated heterocycles. The molecule has 4 heterocycles. The Morgan fingerprint density at radius 2 is 1.49 bits per heavy atom. The molecule has 0 fully saturated rings. The fourth-order valence-electron chi connectivity index (χ4n) is 3.67. The molecule has 0 aliphatic rings. The molecule has 248 valence electrons. The zero-order valence-electron chi connectivity index (χ0n) is 28.3. The van der Waals surface area contributed by atoms with E-state index < -0.39 is 28.4 Å². The first-order chi connectivity index (χ1) is 21.4. The molecule has 0 aliphatic carbocycles. The molecule has 4 aromatic rings. The van der Waals surface area contributed by atoms with Crippen molar-refractivity contribution in [1.29, 1.82) is 0 Å². The lowest BCUT2D eigenvalue weighted by molar-refractivity contribution is 0.0718. The van der Waals surface area contributed by atoms with Crippen molar-refractivity contribution in [1.82, 2.24) is 24.1 Å². The van der Waals surface area contributed by atoms with Gasteiger partial charge in [0.05, 0.1) is 11.9 Å². The molecule has 0 bridgehead atoms. The summed E-state index contributed by atoms with van der Waals surface area (Å²) in [6.07, 6.45) is 5.12. The van der Waals surface area contributed by atoms with Gasteiger partial charge in [-0.2, -0.15) is 0 Å². The van der Waals surface area contributed by atoms with Crippen LogP contribution in [-0.2, 0) is 12.2 Å². The van der Waals surface area contributed by atoms with Gasteiger partial charge in [-0.3, -0.25) is 28.7 Å². The molecule has 0 atom stereocenters. The summed E-state index contributed by atoms with van der Waals surface area (Å²) >= 11 is 6.32. The first-order valence-corrected chi connectivity index (χ1v) is 15.4. The summed E-state index contributed by atoms with van der Waals surface area (Å²) in [5, 5.41) is 10.0. The van der Waals surface area contributed by atoms with Gasteiger partial charge in [0, 0.05) is 42.5 Å². The second kappa shape index (κ2) is 19.4. The molecule has 9 nitrogen and oxygen atoms in total. The van der Waals surface area contributed by atoms with E-state index in [9.17, 15) is 23.5 Å². The second-order valence-electron chi connectivity index (χ2n) is 8.81. The largest absolute Gasteiger partial charge is 0.485 e. The van der Waals surface area contributed by atoms with E-state index in [1.165, 1.54) is 53.7 Å². The van der Waals surface area contributed by atoms with Crippen molar-refractivity contribution in [2.75, 3.05) is 0 Å². The molecule has 45 heavy (non-hydrogen) atoms. The number of aromatic nitrogens is 5. The Morgan fingerprint density at radius 3 is 2.04 bits per heavy atom. The van der Waals surface area contributed by atoms with Crippen molar-refractivity contribution < 1.29 is 18.6 Å². The summed E-state index contributed by atoms with van der Waals surface area (Å²) < 4.78 is 35.1. The van der Waals surface area contributed by atoms with Gasteiger partial charge in [-0.25, -0.2) is 13.8 Å². The molecule has 4 aromatic heterocycles. The number of hydrogen-bond donors (Lipinski definition) is 1. The van der Waals surface area contributed by atoms with Crippen LogP contribution < -0.4 is 15.9 Å². The van der Waals surface area contributed by atoms with Crippen LogP contribution in [-0.4, -0.2) is 29.2 Å². The van der Waals surface area contributed by atoms with Crippen LogP contribution in [0, 0.1) is 25.5 Å². The smallest absolute Gasteiger partial charge is 0.280 e. The van der Waals surface area contributed by atoms with Gasteiger partial charge in [0.15, 0.2) is 5.82 Å². The van der Waals surface area contributed by atoms with Crippen LogP contribution in [0.3, 0.4) is 0 Å². The lowest BCUT2D eigenvalue weighted by Gasteiger charge is -2.18. The molecular formula is C33H46ClF2N5O4. The van der Waals surface area contributed by atoms with E-state index >= 15 is 0 Å². The van der Waals surface area contributed by atoms with Gasteiger partial charge in [0.1, 0.15) is 46.0 Å². The van der Waals surface area contributed by atoms with Gasteiger partial charge in [-0.05, 0) is 33.3 Å². The van der Waals surface area contributed by atoms with Gasteiger partial charge in [0.2, 0.25) is 0 Å². The van der Waals surface area contributed by atoms with E-state index in [2.05, 4.69) is 15.0 Å². The molecule has 1 N–H and O–H groups in total. The number of ether oxygens (including phenoxy) is 1. The van der Waals surface area contributed by atoms with Gasteiger partial charge in [-0.1, -0.05) is 67.0 Å². The van der Waals surface area contributed by atoms with Crippen molar-refractivity contribution in [2.45, 2.75) is 95.3 Å². The lowest BCUT2D eigenvalue weighted by atomic mass is 10.1. The summed E-state index contributed by atoms with van der Waals surface area (Å²) in [6.45, 7) is 21.9. The quantitative estimate of drug-likeness (QED) is 0.228. The summed E-state index contributed by atoms with van der Waals surface area (Å²) in [7, 11) is 0. The molecule has 0 aliphatic heterocycles. The fourth-order valence-corrected chi connectivity index (χ4v) is 3.86. The number of aryl methyl sites for hydroxylation is 2. The molecule has 0 spiro atoms. The SMILES string of the molecule is CC.CC.CC.CC.Cc1cnc(-n2ccnc(C(C)(C)O)c2=O)cc1-n1c(C)cc(OCc2ncc(F)cc2F)c(Cl)c1=O. The average Bonchev–Trinajstić information content (AvgIpc) is 3.03. The summed E-state index contributed by atoms with van der Waals surface area (Å²) in [5.41, 5.74) is -1.44. The van der Waals surface area contributed by atoms with Crippen molar-refractivity contribution in [2.24, 2.45) is 0 Å². The van der Waals surface area contributed by atoms with E-state index in [4.69, 9.17) is 16.3 Å². The number of aliphatic hydroxyl groups is 1. The molecule has 12 heteroatoms. The molecule has 0 saturated carbocycles. The number of hydrogen-bond acceptors (Lipinski definition) is 7. The van der Waals surface area contributed by atoms with Crippen LogP contribution in [0.15, 0.2) is 52.6 Å². The van der Waals surface area contributed by atoms with Gasteiger partial charge in [-0.15, -0.1) is 0 Å². The maximum atomic E-state index is 13.9. The predicted molar refractivity (Wildman–Crippen MR) is 177 cm³/mol. The Kier molecular flexibility index (Phi) is 17.7. The lowest BCUT2D eigenvalue weighted by Crippen LogP contribution is -2.33. The van der Waals surface area contributed by atoms with Crippen LogP contribution >= 0.6 is 11.6 Å². The molecule has 0 aromatic carbocycles. The predicted octanol–water partition coefficient (Wildman–Crippen LogP) is 7.63. The van der Waals surface area contributed by atoms with E-state index in [0.717, 1.165) is 6.20 Å². The van der Waals surface area contributed by atoms with E-state index in [-0.39, 0.29) is 34.6 Å². The third kappa shape index (κ3) is 10.3. The van der Waals surface area contributed by atoms with Gasteiger partial charge >= 0.3 is 0 Å². The van der Waals surface area contributed by atoms with Crippen molar-refractivity contribution in [3.63, 3.8) is 0 Å². The monoisotopic (exact) mass is 649 g/mol. The minimum Gasteiger partial charge on any atom is -0.485 e. The average molecular weight is 650 g/mol. The highest BCUT2D eigenvalue weighted by Crippen LogP contribution is 2.26. The summed E-state index contributed by atoms with van der Waals surface area (Å²) in [5.74, 6) is -1.52. The van der Waals surface area contributed by atoms with Crippen LogP contribution in [0.25, 0.3) is 11.5 Å². The Balaban J connectivity index is 0.00000224. The Bertz CT molecular complexity index is 1630. The van der Waals surface area contributed by atoms with Gasteiger partial charge in [0.25, 0.3) is 11.1 Å². The highest BCUT2D eigenvalue weighted by Gasteiger charge is 2.24. The Labute approximate surface area is 269 Å².